The third-order valence-electron chi connectivity index (χ3n) is 4.46. The summed E-state index contributed by atoms with van der Waals surface area (Å²) < 4.78 is 13.0. The van der Waals surface area contributed by atoms with Crippen molar-refractivity contribution in [1.29, 1.82) is 0 Å². The highest BCUT2D eigenvalue weighted by Gasteiger charge is 2.18. The van der Waals surface area contributed by atoms with E-state index in [1.54, 1.807) is 18.2 Å². The molecule has 1 heterocycles. The predicted octanol–water partition coefficient (Wildman–Crippen LogP) is 5.53. The van der Waals surface area contributed by atoms with Crippen molar-refractivity contribution < 1.29 is 9.18 Å². The van der Waals surface area contributed by atoms with Gasteiger partial charge in [0.2, 0.25) is 11.1 Å². The van der Waals surface area contributed by atoms with E-state index < -0.39 is 0 Å². The number of thioether (sulfide) groups is 1. The van der Waals surface area contributed by atoms with Gasteiger partial charge >= 0.3 is 0 Å². The number of benzene rings is 2. The Morgan fingerprint density at radius 3 is 2.40 bits per heavy atom. The van der Waals surface area contributed by atoms with Crippen LogP contribution in [0.2, 0.25) is 0 Å². The fourth-order valence-corrected chi connectivity index (χ4v) is 3.38. The maximum absolute atomic E-state index is 13.0. The second-order valence-corrected chi connectivity index (χ2v) is 9.27. The molecule has 0 saturated heterocycles. The van der Waals surface area contributed by atoms with E-state index in [0.717, 1.165) is 11.3 Å². The highest BCUT2D eigenvalue weighted by Crippen LogP contribution is 2.25. The van der Waals surface area contributed by atoms with Gasteiger partial charge in [0.15, 0.2) is 0 Å². The molecule has 0 bridgehead atoms. The van der Waals surface area contributed by atoms with Crippen molar-refractivity contribution in [2.24, 2.45) is 0 Å². The van der Waals surface area contributed by atoms with Crippen molar-refractivity contribution in [3.8, 4) is 0 Å². The molecule has 156 valence electrons. The smallest absolute Gasteiger partial charge is 0.237 e. The number of aromatic nitrogens is 3. The van der Waals surface area contributed by atoms with E-state index in [1.807, 2.05) is 37.3 Å². The first-order chi connectivity index (χ1) is 14.2. The van der Waals surface area contributed by atoms with Crippen LogP contribution in [-0.2, 0) is 10.2 Å². The molecule has 0 saturated carbocycles. The molecule has 1 atom stereocenters. The minimum Gasteiger partial charge on any atom is -0.325 e. The molecule has 0 aliphatic carbocycles. The topological polar surface area (TPSA) is 70.7 Å². The molecule has 1 aromatic heterocycles. The van der Waals surface area contributed by atoms with Crippen LogP contribution in [-0.4, -0.2) is 26.3 Å². The van der Waals surface area contributed by atoms with E-state index in [4.69, 9.17) is 0 Å². The van der Waals surface area contributed by atoms with E-state index in [9.17, 15) is 9.18 Å². The monoisotopic (exact) mass is 424 g/mol. The summed E-state index contributed by atoms with van der Waals surface area (Å²) in [5, 5.41) is 10.0. The highest BCUT2D eigenvalue weighted by atomic mass is 32.2. The van der Waals surface area contributed by atoms with Crippen LogP contribution in [0.5, 0.6) is 0 Å². The van der Waals surface area contributed by atoms with Crippen LogP contribution in [0.15, 0.2) is 53.7 Å². The first kappa shape index (κ1) is 21.8. The summed E-state index contributed by atoms with van der Waals surface area (Å²) in [6.07, 6.45) is 3.57. The zero-order chi connectivity index (χ0) is 21.7. The molecule has 3 rings (SSSR count). The van der Waals surface area contributed by atoms with Gasteiger partial charge in [-0.1, -0.05) is 62.9 Å². The van der Waals surface area contributed by atoms with Crippen molar-refractivity contribution in [2.45, 2.75) is 43.5 Å². The molecule has 0 radical (unpaired) electrons. The van der Waals surface area contributed by atoms with Gasteiger partial charge in [-0.05, 0) is 53.8 Å². The second kappa shape index (κ2) is 9.26. The van der Waals surface area contributed by atoms with Gasteiger partial charge in [-0.15, -0.1) is 5.10 Å². The molecular weight excluding hydrogens is 399 g/mol. The number of rotatable bonds is 6. The number of nitrogens with zero attached hydrogens (tertiary/aromatic N) is 2. The van der Waals surface area contributed by atoms with Crippen LogP contribution in [0.25, 0.3) is 12.2 Å². The van der Waals surface area contributed by atoms with E-state index in [-0.39, 0.29) is 22.4 Å². The number of H-pyrrole nitrogens is 1. The molecule has 0 spiro atoms. The Morgan fingerprint density at radius 1 is 1.10 bits per heavy atom. The summed E-state index contributed by atoms with van der Waals surface area (Å²) in [5.74, 6) is 0.173. The van der Waals surface area contributed by atoms with Gasteiger partial charge in [0.05, 0.1) is 5.25 Å². The van der Waals surface area contributed by atoms with Gasteiger partial charge < -0.3 is 5.32 Å². The number of carbonyl (C=O) groups excluding carboxylic acids is 1. The average Bonchev–Trinajstić information content (AvgIpc) is 3.14. The van der Waals surface area contributed by atoms with Gasteiger partial charge in [-0.25, -0.2) is 9.37 Å². The Bertz CT molecular complexity index is 1020. The Hall–Kier alpha value is -2.93. The second-order valence-electron chi connectivity index (χ2n) is 7.96. The van der Waals surface area contributed by atoms with E-state index >= 15 is 0 Å². The number of hydrogen-bond acceptors (Lipinski definition) is 4. The largest absolute Gasteiger partial charge is 0.325 e. The Kier molecular flexibility index (Phi) is 6.72. The maximum atomic E-state index is 13.0. The lowest BCUT2D eigenvalue weighted by Crippen LogP contribution is -2.22. The summed E-state index contributed by atoms with van der Waals surface area (Å²) >= 11 is 1.27. The summed E-state index contributed by atoms with van der Waals surface area (Å²) in [7, 11) is 0. The van der Waals surface area contributed by atoms with Crippen LogP contribution in [0, 0.1) is 5.82 Å². The number of carbonyl (C=O) groups is 1. The molecule has 5 nitrogen and oxygen atoms in total. The molecule has 7 heteroatoms. The molecule has 30 heavy (non-hydrogen) atoms. The zero-order valence-electron chi connectivity index (χ0n) is 17.4. The molecule has 2 N–H and O–H groups in total. The molecule has 1 amide bonds. The van der Waals surface area contributed by atoms with Crippen LogP contribution < -0.4 is 5.32 Å². The predicted molar refractivity (Wildman–Crippen MR) is 121 cm³/mol. The molecule has 0 aliphatic rings. The number of aromatic amines is 1. The molecular formula is C23H25FN4OS. The third kappa shape index (κ3) is 6.03. The highest BCUT2D eigenvalue weighted by molar-refractivity contribution is 8.00. The fraction of sp³-hybridized carbons (Fsp3) is 0.261. The lowest BCUT2D eigenvalue weighted by Gasteiger charge is -2.19. The van der Waals surface area contributed by atoms with Gasteiger partial charge in [0, 0.05) is 5.69 Å². The maximum Gasteiger partial charge on any atom is 0.237 e. The van der Waals surface area contributed by atoms with E-state index in [0.29, 0.717) is 11.0 Å². The Balaban J connectivity index is 1.56. The van der Waals surface area contributed by atoms with Gasteiger partial charge in [0.25, 0.3) is 0 Å². The summed E-state index contributed by atoms with van der Waals surface area (Å²) in [5.41, 5.74) is 2.90. The lowest BCUT2D eigenvalue weighted by atomic mass is 9.87. The number of nitrogens with one attached hydrogen (secondary N) is 2. The third-order valence-corrected chi connectivity index (χ3v) is 5.42. The fourth-order valence-electron chi connectivity index (χ4n) is 2.64. The van der Waals surface area contributed by atoms with Crippen molar-refractivity contribution >= 4 is 35.5 Å². The minimum absolute atomic E-state index is 0.0696. The van der Waals surface area contributed by atoms with E-state index in [2.05, 4.69) is 41.3 Å². The normalized spacial score (nSPS) is 12.8. The average molecular weight is 425 g/mol. The Labute approximate surface area is 180 Å². The number of halogens is 1. The van der Waals surface area contributed by atoms with Gasteiger partial charge in [-0.3, -0.25) is 9.89 Å². The molecule has 3 aromatic rings. The number of anilines is 1. The molecule has 2 aromatic carbocycles. The number of hydrogen-bond donors (Lipinski definition) is 2. The van der Waals surface area contributed by atoms with E-state index in [1.165, 1.54) is 29.5 Å². The zero-order valence-corrected chi connectivity index (χ0v) is 18.3. The molecule has 0 fully saturated rings. The van der Waals surface area contributed by atoms with Crippen molar-refractivity contribution in [1.82, 2.24) is 15.2 Å². The van der Waals surface area contributed by atoms with Crippen LogP contribution in [0.4, 0.5) is 10.1 Å². The van der Waals surface area contributed by atoms with Crippen LogP contribution in [0.3, 0.4) is 0 Å². The van der Waals surface area contributed by atoms with Gasteiger partial charge in [-0.2, -0.15) is 0 Å². The summed E-state index contributed by atoms with van der Waals surface area (Å²) in [6.45, 7) is 8.27. The van der Waals surface area contributed by atoms with Crippen LogP contribution in [0.1, 0.15) is 44.6 Å². The quantitative estimate of drug-likeness (QED) is 0.510. The van der Waals surface area contributed by atoms with Crippen LogP contribution >= 0.6 is 11.8 Å². The summed E-state index contributed by atoms with van der Waals surface area (Å²) in [4.78, 5) is 16.9. The standard InChI is InChI=1S/C23H25FN4OS/c1-15(21(29)25-19-12-8-17(9-13-19)23(2,3)4)30-22-26-20(27-28-22)14-7-16-5-10-18(24)11-6-16/h5-15H,1-4H3,(H,25,29)(H,26,27,28)/b14-7+. The first-order valence-corrected chi connectivity index (χ1v) is 10.5. The minimum atomic E-state index is -0.364. The van der Waals surface area contributed by atoms with Crippen molar-refractivity contribution in [2.75, 3.05) is 5.32 Å². The summed E-state index contributed by atoms with van der Waals surface area (Å²) in [6, 6.07) is 14.1. The molecule has 1 unspecified atom stereocenters. The Morgan fingerprint density at radius 2 is 1.77 bits per heavy atom. The SMILES string of the molecule is CC(Sc1n[nH]c(/C=C/c2ccc(F)cc2)n1)C(=O)Nc1ccc(C(C)(C)C)cc1. The molecule has 0 aliphatic heterocycles. The van der Waals surface area contributed by atoms with Gasteiger partial charge in [0.1, 0.15) is 11.6 Å². The number of amides is 1. The lowest BCUT2D eigenvalue weighted by molar-refractivity contribution is -0.115. The van der Waals surface area contributed by atoms with Crippen molar-refractivity contribution in [3.05, 3.63) is 71.3 Å². The van der Waals surface area contributed by atoms with Crippen molar-refractivity contribution in [3.63, 3.8) is 0 Å². The first-order valence-electron chi connectivity index (χ1n) is 9.65.